The summed E-state index contributed by atoms with van der Waals surface area (Å²) in [5.41, 5.74) is 2.82. The van der Waals surface area contributed by atoms with Gasteiger partial charge in [0.05, 0.1) is 18.0 Å². The number of H-pyrrole nitrogens is 1. The lowest BCUT2D eigenvalue weighted by Crippen LogP contribution is -2.11. The molecular formula is C14H15N9OS. The highest BCUT2D eigenvalue weighted by molar-refractivity contribution is 7.11. The third kappa shape index (κ3) is 2.99. The average molecular weight is 357 g/mol. The predicted octanol–water partition coefficient (Wildman–Crippen LogP) is 3.72. The van der Waals surface area contributed by atoms with E-state index in [0.29, 0.717) is 22.2 Å². The van der Waals surface area contributed by atoms with Crippen LogP contribution in [0.3, 0.4) is 0 Å². The number of azo groups is 1. The summed E-state index contributed by atoms with van der Waals surface area (Å²) in [5, 5.41) is 37.5. The standard InChI is InChI=1S/C14H15N9OS/c1-7-8(12(24)23(22-7)13-21-16-6-25-13)17-19-11-9(15-5)10(18-20-11)14(2,3)4/h6,24H,1-4H3,(H,18,20)/b19-17+. The predicted molar refractivity (Wildman–Crippen MR) is 91.2 cm³/mol. The van der Waals surface area contributed by atoms with Gasteiger partial charge in [-0.1, -0.05) is 32.1 Å². The summed E-state index contributed by atoms with van der Waals surface area (Å²) in [6.45, 7) is 14.9. The van der Waals surface area contributed by atoms with Gasteiger partial charge < -0.3 is 5.11 Å². The molecule has 0 bridgehead atoms. The summed E-state index contributed by atoms with van der Waals surface area (Å²) >= 11 is 1.23. The highest BCUT2D eigenvalue weighted by Gasteiger charge is 2.25. The monoisotopic (exact) mass is 357 g/mol. The minimum Gasteiger partial charge on any atom is -0.492 e. The van der Waals surface area contributed by atoms with Gasteiger partial charge in [0.25, 0.3) is 5.69 Å². The molecule has 0 unspecified atom stereocenters. The van der Waals surface area contributed by atoms with Crippen molar-refractivity contribution in [2.75, 3.05) is 0 Å². The molecule has 0 aromatic carbocycles. The van der Waals surface area contributed by atoms with E-state index < -0.39 is 0 Å². The minimum absolute atomic E-state index is 0.193. The summed E-state index contributed by atoms with van der Waals surface area (Å²) in [5.74, 6) is 0.0420. The summed E-state index contributed by atoms with van der Waals surface area (Å²) in [6, 6.07) is 0. The molecule has 2 N–H and O–H groups in total. The van der Waals surface area contributed by atoms with Crippen LogP contribution in [0.1, 0.15) is 32.2 Å². The van der Waals surface area contributed by atoms with Crippen molar-refractivity contribution in [3.05, 3.63) is 28.3 Å². The fourth-order valence-corrected chi connectivity index (χ4v) is 2.65. The van der Waals surface area contributed by atoms with E-state index in [1.54, 1.807) is 6.92 Å². The summed E-state index contributed by atoms with van der Waals surface area (Å²) in [4.78, 5) is 3.50. The van der Waals surface area contributed by atoms with Gasteiger partial charge in [0, 0.05) is 0 Å². The molecule has 0 saturated heterocycles. The number of nitrogens with one attached hydrogen (secondary N) is 1. The van der Waals surface area contributed by atoms with Crippen LogP contribution in [0.15, 0.2) is 15.7 Å². The second kappa shape index (κ2) is 6.06. The largest absolute Gasteiger partial charge is 0.492 e. The number of aromatic amines is 1. The second-order valence-electron chi connectivity index (χ2n) is 6.22. The first-order valence-corrected chi connectivity index (χ1v) is 8.14. The lowest BCUT2D eigenvalue weighted by molar-refractivity contribution is 0.434. The first-order chi connectivity index (χ1) is 11.8. The molecule has 11 heteroatoms. The number of aryl methyl sites for hydroxylation is 1. The Bertz CT molecular complexity index is 970. The van der Waals surface area contributed by atoms with Gasteiger partial charge in [0.1, 0.15) is 5.51 Å². The summed E-state index contributed by atoms with van der Waals surface area (Å²) in [6.07, 6.45) is 0. The van der Waals surface area contributed by atoms with Gasteiger partial charge in [-0.2, -0.15) is 14.9 Å². The molecule has 0 aliphatic rings. The van der Waals surface area contributed by atoms with Crippen molar-refractivity contribution in [3.63, 3.8) is 0 Å². The minimum atomic E-state index is -0.301. The Morgan fingerprint density at radius 2 is 2.12 bits per heavy atom. The SMILES string of the molecule is [C-]#[N+]c1c(C(C)(C)C)n[nH]c1/N=N/c1c(C)nn(-c2nncs2)c1O. The van der Waals surface area contributed by atoms with Crippen LogP contribution < -0.4 is 0 Å². The van der Waals surface area contributed by atoms with E-state index in [-0.39, 0.29) is 22.8 Å². The molecule has 0 spiro atoms. The lowest BCUT2D eigenvalue weighted by Gasteiger charge is -2.15. The van der Waals surface area contributed by atoms with E-state index in [2.05, 4.69) is 40.6 Å². The average Bonchev–Trinajstić information content (AvgIpc) is 3.25. The van der Waals surface area contributed by atoms with Crippen molar-refractivity contribution in [2.45, 2.75) is 33.1 Å². The maximum Gasteiger partial charge on any atom is 0.255 e. The maximum atomic E-state index is 10.3. The van der Waals surface area contributed by atoms with Crippen LogP contribution in [-0.4, -0.2) is 35.3 Å². The molecule has 0 fully saturated rings. The number of hydrogen-bond acceptors (Lipinski definition) is 8. The normalized spacial score (nSPS) is 12.0. The molecular weight excluding hydrogens is 342 g/mol. The van der Waals surface area contributed by atoms with Gasteiger partial charge in [0.2, 0.25) is 11.0 Å². The Morgan fingerprint density at radius 3 is 2.72 bits per heavy atom. The summed E-state index contributed by atoms with van der Waals surface area (Å²) in [7, 11) is 0. The fraction of sp³-hybridized carbons (Fsp3) is 0.357. The van der Waals surface area contributed by atoms with Crippen molar-refractivity contribution in [2.24, 2.45) is 10.2 Å². The van der Waals surface area contributed by atoms with Crippen molar-refractivity contribution >= 4 is 28.5 Å². The van der Waals surface area contributed by atoms with Crippen LogP contribution in [0.5, 0.6) is 5.88 Å². The number of aromatic nitrogens is 6. The van der Waals surface area contributed by atoms with Gasteiger partial charge in [-0.15, -0.1) is 20.4 Å². The van der Waals surface area contributed by atoms with Crippen molar-refractivity contribution in [3.8, 4) is 11.0 Å². The molecule has 3 aromatic heterocycles. The molecule has 10 nitrogen and oxygen atoms in total. The van der Waals surface area contributed by atoms with Crippen molar-refractivity contribution < 1.29 is 5.11 Å². The zero-order valence-electron chi connectivity index (χ0n) is 14.0. The van der Waals surface area contributed by atoms with Crippen LogP contribution in [0, 0.1) is 13.5 Å². The van der Waals surface area contributed by atoms with E-state index >= 15 is 0 Å². The van der Waals surface area contributed by atoms with Gasteiger partial charge in [0.15, 0.2) is 11.5 Å². The Morgan fingerprint density at radius 1 is 1.36 bits per heavy atom. The van der Waals surface area contributed by atoms with E-state index in [0.717, 1.165) is 0 Å². The molecule has 0 atom stereocenters. The fourth-order valence-electron chi connectivity index (χ4n) is 2.14. The first kappa shape index (κ1) is 16.7. The molecule has 3 heterocycles. The Balaban J connectivity index is 1.99. The number of nitrogens with zero attached hydrogens (tertiary/aromatic N) is 8. The van der Waals surface area contributed by atoms with Crippen molar-refractivity contribution in [1.82, 2.24) is 30.2 Å². The van der Waals surface area contributed by atoms with Crippen LogP contribution in [0.4, 0.5) is 17.2 Å². The third-order valence-electron chi connectivity index (χ3n) is 3.33. The number of hydrogen-bond donors (Lipinski definition) is 2. The van der Waals surface area contributed by atoms with Crippen LogP contribution in [-0.2, 0) is 5.41 Å². The molecule has 3 aromatic rings. The second-order valence-corrected chi connectivity index (χ2v) is 7.03. The molecule has 25 heavy (non-hydrogen) atoms. The van der Waals surface area contributed by atoms with E-state index in [1.807, 2.05) is 20.8 Å². The Hall–Kier alpha value is -3.13. The van der Waals surface area contributed by atoms with Gasteiger partial charge in [-0.25, -0.2) is 4.85 Å². The molecule has 0 aliphatic carbocycles. The van der Waals surface area contributed by atoms with E-state index in [1.165, 1.54) is 21.5 Å². The smallest absolute Gasteiger partial charge is 0.255 e. The molecule has 0 radical (unpaired) electrons. The Labute approximate surface area is 147 Å². The topological polar surface area (TPSA) is 122 Å². The highest BCUT2D eigenvalue weighted by Crippen LogP contribution is 2.39. The number of rotatable bonds is 3. The third-order valence-corrected chi connectivity index (χ3v) is 3.99. The van der Waals surface area contributed by atoms with Gasteiger partial charge >= 0.3 is 0 Å². The maximum absolute atomic E-state index is 10.3. The van der Waals surface area contributed by atoms with E-state index in [4.69, 9.17) is 6.57 Å². The molecule has 0 saturated carbocycles. The van der Waals surface area contributed by atoms with Gasteiger partial charge in [-0.05, 0) is 12.3 Å². The zero-order valence-corrected chi connectivity index (χ0v) is 14.8. The van der Waals surface area contributed by atoms with Crippen molar-refractivity contribution in [1.29, 1.82) is 0 Å². The zero-order chi connectivity index (χ0) is 18.2. The van der Waals surface area contributed by atoms with Crippen LogP contribution in [0.25, 0.3) is 9.98 Å². The lowest BCUT2D eigenvalue weighted by atomic mass is 9.91. The van der Waals surface area contributed by atoms with Gasteiger partial charge in [-0.3, -0.25) is 5.10 Å². The number of aromatic hydroxyl groups is 1. The first-order valence-electron chi connectivity index (χ1n) is 7.26. The molecule has 128 valence electrons. The molecule has 0 aliphatic heterocycles. The molecule has 3 rings (SSSR count). The quantitative estimate of drug-likeness (QED) is 0.546. The van der Waals surface area contributed by atoms with E-state index in [9.17, 15) is 5.11 Å². The highest BCUT2D eigenvalue weighted by atomic mass is 32.1. The Kier molecular flexibility index (Phi) is 4.05. The van der Waals surface area contributed by atoms with Crippen LogP contribution >= 0.6 is 11.3 Å². The molecule has 0 amide bonds. The van der Waals surface area contributed by atoms with Crippen LogP contribution in [0.2, 0.25) is 0 Å². The summed E-state index contributed by atoms with van der Waals surface area (Å²) < 4.78 is 1.24.